The van der Waals surface area contributed by atoms with Gasteiger partial charge in [0.2, 0.25) is 5.91 Å². The fourth-order valence-corrected chi connectivity index (χ4v) is 3.20. The summed E-state index contributed by atoms with van der Waals surface area (Å²) in [6.07, 6.45) is 2.69. The first kappa shape index (κ1) is 13.1. The monoisotopic (exact) mass is 291 g/mol. The summed E-state index contributed by atoms with van der Waals surface area (Å²) in [5.41, 5.74) is 4.21. The van der Waals surface area contributed by atoms with E-state index >= 15 is 0 Å². The van der Waals surface area contributed by atoms with Gasteiger partial charge < -0.3 is 9.47 Å². The number of para-hydroxylation sites is 3. The lowest BCUT2D eigenvalue weighted by Gasteiger charge is -2.22. The van der Waals surface area contributed by atoms with Gasteiger partial charge in [-0.25, -0.2) is 4.98 Å². The van der Waals surface area contributed by atoms with Gasteiger partial charge >= 0.3 is 0 Å². The van der Waals surface area contributed by atoms with Crippen molar-refractivity contribution in [3.63, 3.8) is 0 Å². The molecule has 4 heteroatoms. The molecule has 0 saturated heterocycles. The summed E-state index contributed by atoms with van der Waals surface area (Å²) in [6.45, 7) is 2.70. The van der Waals surface area contributed by atoms with Crippen LogP contribution in [0.25, 0.3) is 11.0 Å². The molecule has 1 amide bonds. The molecule has 1 atom stereocenters. The van der Waals surface area contributed by atoms with Crippen molar-refractivity contribution in [2.45, 2.75) is 19.4 Å². The summed E-state index contributed by atoms with van der Waals surface area (Å²) in [6, 6.07) is 15.8. The second-order valence-corrected chi connectivity index (χ2v) is 5.69. The van der Waals surface area contributed by atoms with Crippen LogP contribution in [0.4, 0.5) is 5.69 Å². The van der Waals surface area contributed by atoms with Crippen molar-refractivity contribution in [2.75, 3.05) is 11.4 Å². The van der Waals surface area contributed by atoms with Crippen LogP contribution in [0.5, 0.6) is 0 Å². The van der Waals surface area contributed by atoms with Crippen molar-refractivity contribution in [1.82, 2.24) is 9.55 Å². The van der Waals surface area contributed by atoms with Crippen LogP contribution in [0.15, 0.2) is 54.9 Å². The second-order valence-electron chi connectivity index (χ2n) is 5.69. The summed E-state index contributed by atoms with van der Waals surface area (Å²) in [5, 5.41) is 0. The minimum atomic E-state index is -0.265. The number of fused-ring (bicyclic) bond motifs is 2. The Hall–Kier alpha value is -2.62. The number of hydrogen-bond acceptors (Lipinski definition) is 2. The maximum atomic E-state index is 12.9. The third-order valence-corrected chi connectivity index (χ3v) is 4.41. The molecule has 1 unspecified atom stereocenters. The topological polar surface area (TPSA) is 38.1 Å². The number of benzene rings is 2. The zero-order valence-corrected chi connectivity index (χ0v) is 12.4. The molecule has 3 aromatic rings. The fraction of sp³-hybridized carbons (Fsp3) is 0.222. The van der Waals surface area contributed by atoms with Crippen LogP contribution in [-0.4, -0.2) is 22.0 Å². The van der Waals surface area contributed by atoms with Crippen LogP contribution in [0.3, 0.4) is 0 Å². The standard InChI is InChI=1S/C18H17N3O/c1-13(21-12-19-15-7-3-5-9-17(15)21)18(22)20-11-10-14-6-2-4-8-16(14)20/h2-9,12-13H,10-11H2,1H3. The van der Waals surface area contributed by atoms with Gasteiger partial charge in [0.05, 0.1) is 17.4 Å². The summed E-state index contributed by atoms with van der Waals surface area (Å²) >= 11 is 0. The molecule has 0 radical (unpaired) electrons. The lowest BCUT2D eigenvalue weighted by atomic mass is 10.2. The molecule has 0 saturated carbocycles. The van der Waals surface area contributed by atoms with Crippen molar-refractivity contribution in [3.05, 3.63) is 60.4 Å². The molecule has 0 spiro atoms. The van der Waals surface area contributed by atoms with Crippen LogP contribution in [0.1, 0.15) is 18.5 Å². The van der Waals surface area contributed by atoms with Gasteiger partial charge in [-0.05, 0) is 37.1 Å². The highest BCUT2D eigenvalue weighted by atomic mass is 16.2. The Bertz CT molecular complexity index is 852. The summed E-state index contributed by atoms with van der Waals surface area (Å²) in [4.78, 5) is 19.2. The predicted octanol–water partition coefficient (Wildman–Crippen LogP) is 3.19. The largest absolute Gasteiger partial charge is 0.318 e. The van der Waals surface area contributed by atoms with E-state index in [1.807, 2.05) is 58.9 Å². The Balaban J connectivity index is 1.69. The van der Waals surface area contributed by atoms with E-state index in [9.17, 15) is 4.79 Å². The SMILES string of the molecule is CC(C(=O)N1CCc2ccccc21)n1cnc2ccccc21. The third-order valence-electron chi connectivity index (χ3n) is 4.41. The van der Waals surface area contributed by atoms with Crippen LogP contribution < -0.4 is 4.90 Å². The average molecular weight is 291 g/mol. The van der Waals surface area contributed by atoms with E-state index in [2.05, 4.69) is 11.1 Å². The van der Waals surface area contributed by atoms with E-state index < -0.39 is 0 Å². The summed E-state index contributed by atoms with van der Waals surface area (Å²) in [7, 11) is 0. The Kier molecular flexibility index (Phi) is 2.96. The summed E-state index contributed by atoms with van der Waals surface area (Å²) in [5.74, 6) is 0.119. The van der Waals surface area contributed by atoms with Gasteiger partial charge in [0.15, 0.2) is 0 Å². The van der Waals surface area contributed by atoms with Crippen LogP contribution in [0, 0.1) is 0 Å². The number of nitrogens with zero attached hydrogens (tertiary/aromatic N) is 3. The molecule has 0 aliphatic carbocycles. The average Bonchev–Trinajstić information content (AvgIpc) is 3.17. The number of anilines is 1. The normalized spacial score (nSPS) is 15.0. The van der Waals surface area contributed by atoms with Gasteiger partial charge in [-0.3, -0.25) is 4.79 Å². The highest BCUT2D eigenvalue weighted by Gasteiger charge is 2.29. The lowest BCUT2D eigenvalue weighted by molar-refractivity contribution is -0.121. The van der Waals surface area contributed by atoms with E-state index in [0.717, 1.165) is 29.7 Å². The van der Waals surface area contributed by atoms with E-state index in [1.165, 1.54) is 5.56 Å². The maximum Gasteiger partial charge on any atom is 0.249 e. The molecule has 0 bridgehead atoms. The Labute approximate surface area is 129 Å². The minimum absolute atomic E-state index is 0.119. The first-order chi connectivity index (χ1) is 10.8. The van der Waals surface area contributed by atoms with E-state index in [0.29, 0.717) is 0 Å². The molecule has 1 aliphatic rings. The number of hydrogen-bond donors (Lipinski definition) is 0. The molecule has 4 rings (SSSR count). The molecule has 1 aromatic heterocycles. The van der Waals surface area contributed by atoms with Crippen LogP contribution in [0.2, 0.25) is 0 Å². The fourth-order valence-electron chi connectivity index (χ4n) is 3.20. The van der Waals surface area contributed by atoms with Crippen LogP contribution >= 0.6 is 0 Å². The molecule has 0 N–H and O–H groups in total. The molecule has 22 heavy (non-hydrogen) atoms. The second kappa shape index (κ2) is 4.98. The quantitative estimate of drug-likeness (QED) is 0.727. The molecule has 1 aliphatic heterocycles. The molecular formula is C18H17N3O. The number of aromatic nitrogens is 2. The molecule has 2 aromatic carbocycles. The van der Waals surface area contributed by atoms with Gasteiger partial charge in [0.25, 0.3) is 0 Å². The van der Waals surface area contributed by atoms with Gasteiger partial charge in [0, 0.05) is 12.2 Å². The van der Waals surface area contributed by atoms with Gasteiger partial charge in [0.1, 0.15) is 6.04 Å². The number of carbonyl (C=O) groups excluding carboxylic acids is 1. The molecular weight excluding hydrogens is 274 g/mol. The lowest BCUT2D eigenvalue weighted by Crippen LogP contribution is -2.34. The zero-order chi connectivity index (χ0) is 15.1. The van der Waals surface area contributed by atoms with Crippen molar-refractivity contribution >= 4 is 22.6 Å². The molecule has 0 fully saturated rings. The first-order valence-electron chi connectivity index (χ1n) is 7.56. The van der Waals surface area contributed by atoms with E-state index in [4.69, 9.17) is 0 Å². The number of imidazole rings is 1. The van der Waals surface area contributed by atoms with Crippen molar-refractivity contribution in [3.8, 4) is 0 Å². The van der Waals surface area contributed by atoms with Crippen molar-refractivity contribution < 1.29 is 4.79 Å². The van der Waals surface area contributed by atoms with E-state index in [-0.39, 0.29) is 11.9 Å². The number of amides is 1. The maximum absolute atomic E-state index is 12.9. The van der Waals surface area contributed by atoms with E-state index in [1.54, 1.807) is 6.33 Å². The van der Waals surface area contributed by atoms with Gasteiger partial charge in [-0.2, -0.15) is 0 Å². The minimum Gasteiger partial charge on any atom is -0.318 e. The first-order valence-corrected chi connectivity index (χ1v) is 7.56. The number of carbonyl (C=O) groups is 1. The van der Waals surface area contributed by atoms with Crippen molar-refractivity contribution in [2.24, 2.45) is 0 Å². The Morgan fingerprint density at radius 1 is 1.14 bits per heavy atom. The highest BCUT2D eigenvalue weighted by molar-refractivity contribution is 5.98. The smallest absolute Gasteiger partial charge is 0.249 e. The van der Waals surface area contributed by atoms with Gasteiger partial charge in [-0.15, -0.1) is 0 Å². The van der Waals surface area contributed by atoms with Crippen LogP contribution in [-0.2, 0) is 11.2 Å². The molecule has 4 nitrogen and oxygen atoms in total. The molecule has 2 heterocycles. The predicted molar refractivity (Wildman–Crippen MR) is 86.9 cm³/mol. The highest BCUT2D eigenvalue weighted by Crippen LogP contribution is 2.30. The zero-order valence-electron chi connectivity index (χ0n) is 12.4. The number of rotatable bonds is 2. The Morgan fingerprint density at radius 2 is 1.91 bits per heavy atom. The molecule has 110 valence electrons. The van der Waals surface area contributed by atoms with Crippen molar-refractivity contribution in [1.29, 1.82) is 0 Å². The third kappa shape index (κ3) is 1.91. The summed E-state index contributed by atoms with van der Waals surface area (Å²) < 4.78 is 1.96. The Morgan fingerprint density at radius 3 is 2.82 bits per heavy atom. The van der Waals surface area contributed by atoms with Gasteiger partial charge in [-0.1, -0.05) is 30.3 Å².